The van der Waals surface area contributed by atoms with Gasteiger partial charge in [-0.2, -0.15) is 0 Å². The molecule has 0 aromatic heterocycles. The Hall–Kier alpha value is -2.68. The molecule has 0 unspecified atom stereocenters. The lowest BCUT2D eigenvalue weighted by Crippen LogP contribution is -2.50. The molecular weight excluding hydrogens is 318 g/mol. The molecule has 1 saturated heterocycles. The SMILES string of the molecule is CC(C)(C)OC(=O)N1CCN(c2ccc(C#CCC(N)=O)cc2)CC1. The van der Waals surface area contributed by atoms with E-state index in [1.165, 1.54) is 0 Å². The van der Waals surface area contributed by atoms with Crippen molar-refractivity contribution in [1.29, 1.82) is 0 Å². The Morgan fingerprint density at radius 3 is 2.24 bits per heavy atom. The third kappa shape index (κ3) is 6.03. The van der Waals surface area contributed by atoms with Crippen LogP contribution in [0, 0.1) is 11.8 Å². The van der Waals surface area contributed by atoms with Crippen molar-refractivity contribution in [3.63, 3.8) is 0 Å². The maximum absolute atomic E-state index is 12.1. The molecule has 1 aliphatic rings. The highest BCUT2D eigenvalue weighted by Crippen LogP contribution is 2.18. The van der Waals surface area contributed by atoms with Gasteiger partial charge >= 0.3 is 6.09 Å². The maximum atomic E-state index is 12.1. The Bertz CT molecular complexity index is 673. The zero-order chi connectivity index (χ0) is 18.4. The molecule has 0 spiro atoms. The van der Waals surface area contributed by atoms with Crippen LogP contribution in [-0.4, -0.2) is 48.7 Å². The summed E-state index contributed by atoms with van der Waals surface area (Å²) in [6, 6.07) is 7.84. The molecule has 2 amide bonds. The zero-order valence-electron chi connectivity index (χ0n) is 15.0. The van der Waals surface area contributed by atoms with Crippen LogP contribution in [0.5, 0.6) is 0 Å². The minimum absolute atomic E-state index is 0.0639. The molecule has 0 atom stereocenters. The van der Waals surface area contributed by atoms with E-state index >= 15 is 0 Å². The third-order valence-electron chi connectivity index (χ3n) is 3.66. The largest absolute Gasteiger partial charge is 0.444 e. The first-order valence-electron chi connectivity index (χ1n) is 8.35. The Morgan fingerprint density at radius 1 is 1.12 bits per heavy atom. The van der Waals surface area contributed by atoms with Crippen LogP contribution in [0.15, 0.2) is 24.3 Å². The molecule has 1 aromatic carbocycles. The fraction of sp³-hybridized carbons (Fsp3) is 0.474. The van der Waals surface area contributed by atoms with Crippen molar-refractivity contribution >= 4 is 17.7 Å². The molecule has 1 aliphatic heterocycles. The van der Waals surface area contributed by atoms with E-state index in [1.54, 1.807) is 4.90 Å². The van der Waals surface area contributed by atoms with Crippen LogP contribution in [0.2, 0.25) is 0 Å². The summed E-state index contributed by atoms with van der Waals surface area (Å²) in [4.78, 5) is 26.7. The van der Waals surface area contributed by atoms with E-state index < -0.39 is 11.5 Å². The fourth-order valence-electron chi connectivity index (χ4n) is 2.46. The van der Waals surface area contributed by atoms with E-state index in [0.717, 1.165) is 24.3 Å². The first kappa shape index (κ1) is 18.7. The van der Waals surface area contributed by atoms with Crippen molar-refractivity contribution < 1.29 is 14.3 Å². The molecule has 2 N–H and O–H groups in total. The molecule has 6 heteroatoms. The number of ether oxygens (including phenoxy) is 1. The lowest BCUT2D eigenvalue weighted by Gasteiger charge is -2.36. The minimum Gasteiger partial charge on any atom is -0.444 e. The highest BCUT2D eigenvalue weighted by molar-refractivity contribution is 5.76. The summed E-state index contributed by atoms with van der Waals surface area (Å²) < 4.78 is 5.41. The molecule has 0 aliphatic carbocycles. The van der Waals surface area contributed by atoms with E-state index in [9.17, 15) is 9.59 Å². The van der Waals surface area contributed by atoms with Gasteiger partial charge in [0.25, 0.3) is 0 Å². The number of hydrogen-bond acceptors (Lipinski definition) is 4. The quantitative estimate of drug-likeness (QED) is 0.833. The van der Waals surface area contributed by atoms with Crippen molar-refractivity contribution in [3.05, 3.63) is 29.8 Å². The predicted molar refractivity (Wildman–Crippen MR) is 97.2 cm³/mol. The van der Waals surface area contributed by atoms with Crippen LogP contribution in [0.25, 0.3) is 0 Å². The van der Waals surface area contributed by atoms with Gasteiger partial charge in [0, 0.05) is 37.4 Å². The molecule has 0 bridgehead atoms. The molecule has 1 aromatic rings. The van der Waals surface area contributed by atoms with Crippen LogP contribution < -0.4 is 10.6 Å². The number of carbonyl (C=O) groups is 2. The average Bonchev–Trinajstić information content (AvgIpc) is 2.54. The first-order chi connectivity index (χ1) is 11.7. The average molecular weight is 343 g/mol. The number of anilines is 1. The number of rotatable bonds is 2. The van der Waals surface area contributed by atoms with Gasteiger partial charge in [-0.15, -0.1) is 0 Å². The van der Waals surface area contributed by atoms with Gasteiger partial charge in [0.05, 0.1) is 6.42 Å². The van der Waals surface area contributed by atoms with Crippen LogP contribution in [-0.2, 0) is 9.53 Å². The Labute approximate surface area is 148 Å². The molecule has 25 heavy (non-hydrogen) atoms. The summed E-state index contributed by atoms with van der Waals surface area (Å²) in [6.07, 6.45) is -0.193. The number of carbonyl (C=O) groups excluding carboxylic acids is 2. The number of primary amides is 1. The number of amides is 2. The van der Waals surface area contributed by atoms with Crippen molar-refractivity contribution in [3.8, 4) is 11.8 Å². The second-order valence-corrected chi connectivity index (χ2v) is 6.95. The number of nitrogens with two attached hydrogens (primary N) is 1. The van der Waals surface area contributed by atoms with E-state index in [4.69, 9.17) is 10.5 Å². The summed E-state index contributed by atoms with van der Waals surface area (Å²) in [5.74, 6) is 5.23. The second kappa shape index (κ2) is 7.93. The standard InChI is InChI=1S/C19H25N3O3/c1-19(2,3)25-18(24)22-13-11-21(12-14-22)16-9-7-15(8-10-16)5-4-6-17(20)23/h7-10H,6,11-14H2,1-3H3,(H2,20,23). The van der Waals surface area contributed by atoms with Crippen molar-refractivity contribution in [2.75, 3.05) is 31.1 Å². The zero-order valence-corrected chi connectivity index (χ0v) is 15.0. The highest BCUT2D eigenvalue weighted by Gasteiger charge is 2.25. The molecule has 1 heterocycles. The van der Waals surface area contributed by atoms with Crippen LogP contribution in [0.3, 0.4) is 0 Å². The summed E-state index contributed by atoms with van der Waals surface area (Å²) in [7, 11) is 0. The number of benzene rings is 1. The van der Waals surface area contributed by atoms with Gasteiger partial charge in [0.2, 0.25) is 5.91 Å². The van der Waals surface area contributed by atoms with E-state index in [0.29, 0.717) is 13.1 Å². The van der Waals surface area contributed by atoms with Gasteiger partial charge in [0.15, 0.2) is 0 Å². The lowest BCUT2D eigenvalue weighted by molar-refractivity contribution is -0.117. The van der Waals surface area contributed by atoms with Crippen molar-refractivity contribution in [2.24, 2.45) is 5.73 Å². The predicted octanol–water partition coefficient (Wildman–Crippen LogP) is 1.97. The molecule has 0 radical (unpaired) electrons. The normalized spacial score (nSPS) is 14.5. The molecule has 1 fully saturated rings. The van der Waals surface area contributed by atoms with Crippen molar-refractivity contribution in [2.45, 2.75) is 32.8 Å². The fourth-order valence-corrected chi connectivity index (χ4v) is 2.46. The van der Waals surface area contributed by atoms with Crippen molar-refractivity contribution in [1.82, 2.24) is 4.90 Å². The summed E-state index contributed by atoms with van der Waals surface area (Å²) in [6.45, 7) is 8.39. The third-order valence-corrected chi connectivity index (χ3v) is 3.66. The van der Waals surface area contributed by atoms with Gasteiger partial charge in [0.1, 0.15) is 5.60 Å². The molecule has 134 valence electrons. The maximum Gasteiger partial charge on any atom is 0.410 e. The molecule has 2 rings (SSSR count). The smallest absolute Gasteiger partial charge is 0.410 e. The van der Waals surface area contributed by atoms with Crippen LogP contribution >= 0.6 is 0 Å². The summed E-state index contributed by atoms with van der Waals surface area (Å²) >= 11 is 0. The minimum atomic E-state index is -0.473. The molecular formula is C19H25N3O3. The first-order valence-corrected chi connectivity index (χ1v) is 8.35. The van der Waals surface area contributed by atoms with Crippen LogP contribution in [0.1, 0.15) is 32.8 Å². The Kier molecular flexibility index (Phi) is 5.92. The number of hydrogen-bond donors (Lipinski definition) is 1. The lowest BCUT2D eigenvalue weighted by atomic mass is 10.1. The van der Waals surface area contributed by atoms with Gasteiger partial charge in [-0.05, 0) is 45.0 Å². The number of nitrogens with zero attached hydrogens (tertiary/aromatic N) is 2. The molecule has 6 nitrogen and oxygen atoms in total. The van der Waals surface area contributed by atoms with Gasteiger partial charge in [-0.25, -0.2) is 4.79 Å². The van der Waals surface area contributed by atoms with E-state index in [2.05, 4.69) is 16.7 Å². The summed E-state index contributed by atoms with van der Waals surface area (Å²) in [5.41, 5.74) is 6.52. The molecule has 0 saturated carbocycles. The summed E-state index contributed by atoms with van der Waals surface area (Å²) in [5, 5.41) is 0. The Balaban J connectivity index is 1.89. The van der Waals surface area contributed by atoms with Crippen LogP contribution in [0.4, 0.5) is 10.5 Å². The van der Waals surface area contributed by atoms with Gasteiger partial charge < -0.3 is 20.3 Å². The van der Waals surface area contributed by atoms with Gasteiger partial charge in [-0.3, -0.25) is 4.79 Å². The van der Waals surface area contributed by atoms with Gasteiger partial charge in [-0.1, -0.05) is 11.8 Å². The number of piperazine rings is 1. The highest BCUT2D eigenvalue weighted by atomic mass is 16.6. The monoisotopic (exact) mass is 343 g/mol. The van der Waals surface area contributed by atoms with E-state index in [-0.39, 0.29) is 12.5 Å². The van der Waals surface area contributed by atoms with E-state index in [1.807, 2.05) is 45.0 Å². The Morgan fingerprint density at radius 2 is 1.72 bits per heavy atom. The topological polar surface area (TPSA) is 75.9 Å². The second-order valence-electron chi connectivity index (χ2n) is 6.95.